The predicted molar refractivity (Wildman–Crippen MR) is 77.7 cm³/mol. The minimum atomic E-state index is -0.886. The molecule has 3 N–H and O–H groups in total. The van der Waals surface area contributed by atoms with E-state index in [-0.39, 0.29) is 24.1 Å². The molecule has 0 aliphatic heterocycles. The van der Waals surface area contributed by atoms with Crippen molar-refractivity contribution in [3.63, 3.8) is 0 Å². The van der Waals surface area contributed by atoms with E-state index in [0.29, 0.717) is 19.6 Å². The van der Waals surface area contributed by atoms with Gasteiger partial charge in [-0.05, 0) is 25.7 Å². The lowest BCUT2D eigenvalue weighted by atomic mass is 9.84. The quantitative estimate of drug-likeness (QED) is 0.595. The van der Waals surface area contributed by atoms with E-state index < -0.39 is 11.9 Å². The maximum absolute atomic E-state index is 11.5. The van der Waals surface area contributed by atoms with E-state index in [2.05, 4.69) is 10.6 Å². The van der Waals surface area contributed by atoms with Crippen LogP contribution in [0, 0.1) is 11.3 Å². The number of ether oxygens (including phenoxy) is 1. The van der Waals surface area contributed by atoms with Gasteiger partial charge in [0.1, 0.15) is 0 Å². The summed E-state index contributed by atoms with van der Waals surface area (Å²) < 4.78 is 5.29. The molecule has 0 heterocycles. The van der Waals surface area contributed by atoms with Crippen molar-refractivity contribution in [3.05, 3.63) is 0 Å². The third kappa shape index (κ3) is 10.6. The summed E-state index contributed by atoms with van der Waals surface area (Å²) in [6, 6.07) is -0.363. The van der Waals surface area contributed by atoms with Gasteiger partial charge in [-0.25, -0.2) is 4.79 Å². The number of rotatable bonds is 8. The molecular weight excluding hydrogens is 260 g/mol. The van der Waals surface area contributed by atoms with Crippen molar-refractivity contribution in [2.75, 3.05) is 19.7 Å². The Kier molecular flexibility index (Phi) is 8.22. The Balaban J connectivity index is 3.97. The van der Waals surface area contributed by atoms with Gasteiger partial charge >= 0.3 is 12.0 Å². The number of urea groups is 1. The van der Waals surface area contributed by atoms with Crippen molar-refractivity contribution in [2.45, 2.75) is 47.1 Å². The second-order valence-electron chi connectivity index (χ2n) is 6.36. The third-order valence-corrected chi connectivity index (χ3v) is 2.56. The normalized spacial score (nSPS) is 13.1. The third-order valence-electron chi connectivity index (χ3n) is 2.56. The van der Waals surface area contributed by atoms with Gasteiger partial charge in [0.15, 0.2) is 0 Å². The molecule has 6 heteroatoms. The molecule has 6 nitrogen and oxygen atoms in total. The summed E-state index contributed by atoms with van der Waals surface area (Å²) >= 11 is 0. The number of hydrogen-bond acceptors (Lipinski definition) is 3. The van der Waals surface area contributed by atoms with Gasteiger partial charge in [0.25, 0.3) is 0 Å². The monoisotopic (exact) mass is 288 g/mol. The van der Waals surface area contributed by atoms with Crippen LogP contribution in [0.25, 0.3) is 0 Å². The molecule has 2 amide bonds. The van der Waals surface area contributed by atoms with Crippen LogP contribution >= 0.6 is 0 Å². The number of nitrogens with one attached hydrogen (secondary N) is 2. The Morgan fingerprint density at radius 2 is 1.80 bits per heavy atom. The number of aliphatic carboxylic acids is 1. The first-order valence-electron chi connectivity index (χ1n) is 6.98. The molecule has 0 saturated heterocycles. The fourth-order valence-electron chi connectivity index (χ4n) is 1.72. The van der Waals surface area contributed by atoms with E-state index in [9.17, 15) is 9.59 Å². The predicted octanol–water partition coefficient (Wildman–Crippen LogP) is 1.85. The van der Waals surface area contributed by atoms with E-state index >= 15 is 0 Å². The van der Waals surface area contributed by atoms with Crippen molar-refractivity contribution >= 4 is 12.0 Å². The van der Waals surface area contributed by atoms with Gasteiger partial charge in [-0.15, -0.1) is 0 Å². The number of amides is 2. The van der Waals surface area contributed by atoms with Gasteiger partial charge in [0.05, 0.1) is 18.6 Å². The lowest BCUT2D eigenvalue weighted by Crippen LogP contribution is -2.41. The van der Waals surface area contributed by atoms with Crippen LogP contribution in [0.3, 0.4) is 0 Å². The molecule has 0 aliphatic rings. The maximum atomic E-state index is 11.5. The van der Waals surface area contributed by atoms with Crippen molar-refractivity contribution < 1.29 is 19.4 Å². The number of carboxylic acid groups (broad SMARTS) is 1. The lowest BCUT2D eigenvalue weighted by molar-refractivity contribution is -0.142. The zero-order valence-corrected chi connectivity index (χ0v) is 13.2. The molecule has 20 heavy (non-hydrogen) atoms. The van der Waals surface area contributed by atoms with Crippen molar-refractivity contribution in [2.24, 2.45) is 11.3 Å². The molecule has 0 aliphatic carbocycles. The molecule has 0 bridgehead atoms. The largest absolute Gasteiger partial charge is 0.481 e. The number of carbonyl (C=O) groups is 2. The number of carboxylic acids is 1. The van der Waals surface area contributed by atoms with Gasteiger partial charge in [0, 0.05) is 13.1 Å². The van der Waals surface area contributed by atoms with E-state index in [1.54, 1.807) is 0 Å². The van der Waals surface area contributed by atoms with Gasteiger partial charge in [-0.2, -0.15) is 0 Å². The standard InChI is InChI=1S/C14H28N2O4/c1-10(2)20-7-6-15-13(19)16-9-11(12(17)18)8-14(3,4)5/h10-11H,6-9H2,1-5H3,(H,17,18)(H2,15,16,19). The van der Waals surface area contributed by atoms with Crippen molar-refractivity contribution in [1.29, 1.82) is 0 Å². The Morgan fingerprint density at radius 1 is 1.20 bits per heavy atom. The van der Waals surface area contributed by atoms with Crippen LogP contribution in [0.15, 0.2) is 0 Å². The van der Waals surface area contributed by atoms with Crippen LogP contribution < -0.4 is 10.6 Å². The zero-order valence-electron chi connectivity index (χ0n) is 13.2. The lowest BCUT2D eigenvalue weighted by Gasteiger charge is -2.23. The summed E-state index contributed by atoms with van der Waals surface area (Å²) in [6.45, 7) is 10.7. The van der Waals surface area contributed by atoms with E-state index in [4.69, 9.17) is 9.84 Å². The molecule has 0 fully saturated rings. The topological polar surface area (TPSA) is 87.7 Å². The van der Waals surface area contributed by atoms with Gasteiger partial charge in [0.2, 0.25) is 0 Å². The first-order valence-corrected chi connectivity index (χ1v) is 6.98. The summed E-state index contributed by atoms with van der Waals surface area (Å²) in [7, 11) is 0. The molecule has 1 atom stereocenters. The summed E-state index contributed by atoms with van der Waals surface area (Å²) in [4.78, 5) is 22.6. The highest BCUT2D eigenvalue weighted by atomic mass is 16.5. The van der Waals surface area contributed by atoms with Crippen molar-refractivity contribution in [1.82, 2.24) is 10.6 Å². The highest BCUT2D eigenvalue weighted by Crippen LogP contribution is 2.24. The summed E-state index contributed by atoms with van der Waals surface area (Å²) in [5.74, 6) is -1.46. The molecule has 0 saturated carbocycles. The SMILES string of the molecule is CC(C)OCCNC(=O)NCC(CC(C)(C)C)C(=O)O. The molecule has 0 aromatic rings. The average molecular weight is 288 g/mol. The smallest absolute Gasteiger partial charge is 0.314 e. The second kappa shape index (κ2) is 8.79. The van der Waals surface area contributed by atoms with Crippen molar-refractivity contribution in [3.8, 4) is 0 Å². The molecule has 1 unspecified atom stereocenters. The second-order valence-corrected chi connectivity index (χ2v) is 6.36. The number of carbonyl (C=O) groups excluding carboxylic acids is 1. The van der Waals surface area contributed by atoms with E-state index in [0.717, 1.165) is 0 Å². The summed E-state index contributed by atoms with van der Waals surface area (Å²) in [5.41, 5.74) is -0.0910. The number of hydrogen-bond donors (Lipinski definition) is 3. The highest BCUT2D eigenvalue weighted by Gasteiger charge is 2.24. The minimum absolute atomic E-state index is 0.0910. The van der Waals surface area contributed by atoms with Gasteiger partial charge in [-0.1, -0.05) is 20.8 Å². The highest BCUT2D eigenvalue weighted by molar-refractivity contribution is 5.75. The minimum Gasteiger partial charge on any atom is -0.481 e. The Bertz CT molecular complexity index is 311. The van der Waals surface area contributed by atoms with Crippen LogP contribution in [0.2, 0.25) is 0 Å². The van der Waals surface area contributed by atoms with Crippen LogP contribution in [0.5, 0.6) is 0 Å². The van der Waals surface area contributed by atoms with Crippen LogP contribution in [0.4, 0.5) is 4.79 Å². The average Bonchev–Trinajstić information content (AvgIpc) is 2.28. The maximum Gasteiger partial charge on any atom is 0.314 e. The molecule has 0 rings (SSSR count). The zero-order chi connectivity index (χ0) is 15.8. The Morgan fingerprint density at radius 3 is 2.25 bits per heavy atom. The fraction of sp³-hybridized carbons (Fsp3) is 0.857. The summed E-state index contributed by atoms with van der Waals surface area (Å²) in [6.07, 6.45) is 0.641. The van der Waals surface area contributed by atoms with E-state index in [1.165, 1.54) is 0 Å². The molecule has 0 radical (unpaired) electrons. The molecule has 0 aromatic carbocycles. The first kappa shape index (κ1) is 18.7. The summed E-state index contributed by atoms with van der Waals surface area (Å²) in [5, 5.41) is 14.3. The molecule has 118 valence electrons. The van der Waals surface area contributed by atoms with Gasteiger partial charge < -0.3 is 20.5 Å². The first-order chi connectivity index (χ1) is 9.11. The van der Waals surface area contributed by atoms with E-state index in [1.807, 2.05) is 34.6 Å². The fourth-order valence-corrected chi connectivity index (χ4v) is 1.72. The molecule has 0 aromatic heterocycles. The Labute approximate surface area is 121 Å². The van der Waals surface area contributed by atoms with Crippen LogP contribution in [-0.4, -0.2) is 42.9 Å². The molecule has 0 spiro atoms. The van der Waals surface area contributed by atoms with Gasteiger partial charge in [-0.3, -0.25) is 4.79 Å². The van der Waals surface area contributed by atoms with Crippen LogP contribution in [0.1, 0.15) is 41.0 Å². The Hall–Kier alpha value is -1.30. The molecular formula is C14H28N2O4. The van der Waals surface area contributed by atoms with Crippen LogP contribution in [-0.2, 0) is 9.53 Å².